The summed E-state index contributed by atoms with van der Waals surface area (Å²) in [5.74, 6) is -0.825. The Labute approximate surface area is 76.3 Å². The van der Waals surface area contributed by atoms with Crippen LogP contribution in [0.1, 0.15) is 18.7 Å². The predicted octanol–water partition coefficient (Wildman–Crippen LogP) is 2.26. The van der Waals surface area contributed by atoms with E-state index >= 15 is 0 Å². The van der Waals surface area contributed by atoms with E-state index < -0.39 is 12.1 Å². The number of benzene rings is 1. The third-order valence-corrected chi connectivity index (χ3v) is 1.59. The summed E-state index contributed by atoms with van der Waals surface area (Å²) < 4.78 is 17.8. The maximum atomic E-state index is 13.2. The quantitative estimate of drug-likeness (QED) is 0.670. The molecule has 0 fully saturated rings. The number of rotatable bonds is 3. The lowest BCUT2D eigenvalue weighted by molar-refractivity contribution is -0.149. The summed E-state index contributed by atoms with van der Waals surface area (Å²) in [4.78, 5) is 10.9. The van der Waals surface area contributed by atoms with Crippen molar-refractivity contribution >= 4 is 5.97 Å². The summed E-state index contributed by atoms with van der Waals surface area (Å²) in [5.41, 5.74) is 0.334. The minimum absolute atomic E-state index is 0.200. The highest BCUT2D eigenvalue weighted by atomic mass is 19.1. The zero-order valence-corrected chi connectivity index (χ0v) is 7.37. The molecule has 0 aliphatic carbocycles. The second-order valence-electron chi connectivity index (χ2n) is 2.53. The van der Waals surface area contributed by atoms with Crippen molar-refractivity contribution in [2.24, 2.45) is 0 Å². The van der Waals surface area contributed by atoms with Crippen molar-refractivity contribution in [3.05, 3.63) is 35.9 Å². The number of ether oxygens (including phenoxy) is 1. The molecule has 1 aromatic carbocycles. The Bertz CT molecular complexity index is 272. The molecule has 0 N–H and O–H groups in total. The minimum Gasteiger partial charge on any atom is -0.464 e. The van der Waals surface area contributed by atoms with Gasteiger partial charge in [-0.25, -0.2) is 9.18 Å². The van der Waals surface area contributed by atoms with Gasteiger partial charge in [0.05, 0.1) is 6.61 Å². The highest BCUT2D eigenvalue weighted by Crippen LogP contribution is 2.17. The minimum atomic E-state index is -1.67. The molecule has 0 heterocycles. The summed E-state index contributed by atoms with van der Waals surface area (Å²) in [5, 5.41) is 0. The number of halogens is 1. The summed E-state index contributed by atoms with van der Waals surface area (Å²) >= 11 is 0. The van der Waals surface area contributed by atoms with E-state index in [0.29, 0.717) is 5.56 Å². The first kappa shape index (κ1) is 9.71. The van der Waals surface area contributed by atoms with E-state index in [9.17, 15) is 9.18 Å². The summed E-state index contributed by atoms with van der Waals surface area (Å²) in [6, 6.07) is 8.24. The molecule has 1 aromatic rings. The Morgan fingerprint density at radius 3 is 2.62 bits per heavy atom. The topological polar surface area (TPSA) is 26.3 Å². The van der Waals surface area contributed by atoms with Gasteiger partial charge < -0.3 is 4.74 Å². The molecule has 13 heavy (non-hydrogen) atoms. The van der Waals surface area contributed by atoms with E-state index in [4.69, 9.17) is 0 Å². The van der Waals surface area contributed by atoms with Gasteiger partial charge in [-0.3, -0.25) is 0 Å². The molecule has 0 amide bonds. The average molecular weight is 182 g/mol. The van der Waals surface area contributed by atoms with Gasteiger partial charge in [0.2, 0.25) is 6.17 Å². The fourth-order valence-corrected chi connectivity index (χ4v) is 0.974. The third kappa shape index (κ3) is 2.54. The molecule has 2 nitrogen and oxygen atoms in total. The van der Waals surface area contributed by atoms with Gasteiger partial charge in [-0.2, -0.15) is 0 Å². The van der Waals surface area contributed by atoms with Gasteiger partial charge in [-0.15, -0.1) is 0 Å². The van der Waals surface area contributed by atoms with Crippen LogP contribution in [0.4, 0.5) is 4.39 Å². The Kier molecular flexibility index (Phi) is 3.43. The predicted molar refractivity (Wildman–Crippen MR) is 46.9 cm³/mol. The molecule has 0 aromatic heterocycles. The highest BCUT2D eigenvalue weighted by molar-refractivity contribution is 5.76. The van der Waals surface area contributed by atoms with Crippen molar-refractivity contribution in [2.45, 2.75) is 13.1 Å². The maximum Gasteiger partial charge on any atom is 0.345 e. The van der Waals surface area contributed by atoms with Crippen LogP contribution in [0.2, 0.25) is 0 Å². The monoisotopic (exact) mass is 182 g/mol. The lowest BCUT2D eigenvalue weighted by Gasteiger charge is -2.06. The molecule has 70 valence electrons. The van der Waals surface area contributed by atoms with Crippen LogP contribution in [0.5, 0.6) is 0 Å². The van der Waals surface area contributed by atoms with E-state index in [1.54, 1.807) is 37.3 Å². The molecule has 0 saturated carbocycles. The smallest absolute Gasteiger partial charge is 0.345 e. The fourth-order valence-electron chi connectivity index (χ4n) is 0.974. The normalized spacial score (nSPS) is 12.2. The van der Waals surface area contributed by atoms with E-state index in [2.05, 4.69) is 4.74 Å². The van der Waals surface area contributed by atoms with E-state index in [0.717, 1.165) is 0 Å². The van der Waals surface area contributed by atoms with E-state index in [-0.39, 0.29) is 6.61 Å². The average Bonchev–Trinajstić information content (AvgIpc) is 2.18. The zero-order chi connectivity index (χ0) is 9.68. The summed E-state index contributed by atoms with van der Waals surface area (Å²) in [7, 11) is 0. The van der Waals surface area contributed by atoms with Crippen molar-refractivity contribution in [3.63, 3.8) is 0 Å². The van der Waals surface area contributed by atoms with Crippen molar-refractivity contribution < 1.29 is 13.9 Å². The number of esters is 1. The molecule has 1 rings (SSSR count). The Balaban J connectivity index is 2.68. The van der Waals surface area contributed by atoms with Gasteiger partial charge in [0.15, 0.2) is 0 Å². The van der Waals surface area contributed by atoms with Crippen LogP contribution in [-0.4, -0.2) is 12.6 Å². The largest absolute Gasteiger partial charge is 0.464 e. The molecular formula is C10H11FO2. The number of carbonyl (C=O) groups is 1. The zero-order valence-electron chi connectivity index (χ0n) is 7.37. The first-order chi connectivity index (χ1) is 6.25. The molecule has 1 atom stereocenters. The lowest BCUT2D eigenvalue weighted by atomic mass is 10.1. The van der Waals surface area contributed by atoms with Crippen LogP contribution in [0, 0.1) is 0 Å². The Morgan fingerprint density at radius 1 is 1.46 bits per heavy atom. The van der Waals surface area contributed by atoms with Crippen LogP contribution in [0.25, 0.3) is 0 Å². The third-order valence-electron chi connectivity index (χ3n) is 1.59. The van der Waals surface area contributed by atoms with Gasteiger partial charge >= 0.3 is 5.97 Å². The number of carbonyl (C=O) groups excluding carboxylic acids is 1. The lowest BCUT2D eigenvalue weighted by Crippen LogP contribution is -2.11. The van der Waals surface area contributed by atoms with Gasteiger partial charge in [0.25, 0.3) is 0 Å². The van der Waals surface area contributed by atoms with Crippen LogP contribution in [-0.2, 0) is 9.53 Å². The van der Waals surface area contributed by atoms with Gasteiger partial charge in [-0.1, -0.05) is 30.3 Å². The van der Waals surface area contributed by atoms with E-state index in [1.165, 1.54) is 0 Å². The van der Waals surface area contributed by atoms with Crippen molar-refractivity contribution in [1.29, 1.82) is 0 Å². The second-order valence-corrected chi connectivity index (χ2v) is 2.53. The first-order valence-corrected chi connectivity index (χ1v) is 4.11. The molecule has 0 aliphatic heterocycles. The molecule has 0 radical (unpaired) electrons. The molecular weight excluding hydrogens is 171 g/mol. The SMILES string of the molecule is CCOC(=O)[C@H](F)c1ccccc1. The maximum absolute atomic E-state index is 13.2. The van der Waals surface area contributed by atoms with Crippen LogP contribution < -0.4 is 0 Å². The Hall–Kier alpha value is -1.38. The second kappa shape index (κ2) is 4.60. The standard InChI is InChI=1S/C10H11FO2/c1-2-13-10(12)9(11)8-6-4-3-5-7-8/h3-7,9H,2H2,1H3/t9-/m1/s1. The van der Waals surface area contributed by atoms with Gasteiger partial charge in [0, 0.05) is 0 Å². The first-order valence-electron chi connectivity index (χ1n) is 4.11. The van der Waals surface area contributed by atoms with Crippen molar-refractivity contribution in [2.75, 3.05) is 6.61 Å². The van der Waals surface area contributed by atoms with Crippen molar-refractivity contribution in [1.82, 2.24) is 0 Å². The number of hydrogen-bond acceptors (Lipinski definition) is 2. The fraction of sp³-hybridized carbons (Fsp3) is 0.300. The van der Waals surface area contributed by atoms with Gasteiger partial charge in [0.1, 0.15) is 0 Å². The number of alkyl halides is 1. The molecule has 3 heteroatoms. The van der Waals surface area contributed by atoms with Crippen molar-refractivity contribution in [3.8, 4) is 0 Å². The van der Waals surface area contributed by atoms with Crippen LogP contribution in [0.15, 0.2) is 30.3 Å². The molecule has 0 spiro atoms. The molecule has 0 unspecified atom stereocenters. The molecule has 0 bridgehead atoms. The molecule has 0 aliphatic rings. The summed E-state index contributed by atoms with van der Waals surface area (Å²) in [6.07, 6.45) is -1.67. The van der Waals surface area contributed by atoms with Crippen LogP contribution in [0.3, 0.4) is 0 Å². The Morgan fingerprint density at radius 2 is 2.08 bits per heavy atom. The van der Waals surface area contributed by atoms with E-state index in [1.807, 2.05) is 0 Å². The van der Waals surface area contributed by atoms with Gasteiger partial charge in [-0.05, 0) is 12.5 Å². The number of hydrogen-bond donors (Lipinski definition) is 0. The molecule has 0 saturated heterocycles. The summed E-state index contributed by atoms with van der Waals surface area (Å²) in [6.45, 7) is 1.85. The van der Waals surface area contributed by atoms with Crippen LogP contribution >= 0.6 is 0 Å². The highest BCUT2D eigenvalue weighted by Gasteiger charge is 2.19.